The van der Waals surface area contributed by atoms with E-state index < -0.39 is 0 Å². The second-order valence-electron chi connectivity index (χ2n) is 7.81. The zero-order chi connectivity index (χ0) is 22.5. The molecule has 0 bridgehead atoms. The second kappa shape index (κ2) is 10.6. The first-order valence-corrected chi connectivity index (χ1v) is 12.8. The summed E-state index contributed by atoms with van der Waals surface area (Å²) in [6.07, 6.45) is 2.87. The molecule has 0 radical (unpaired) electrons. The lowest BCUT2D eigenvalue weighted by molar-refractivity contribution is -0.118. The molecular formula is C25H25ClN2O2S2. The van der Waals surface area contributed by atoms with Crippen molar-refractivity contribution in [2.75, 3.05) is 10.7 Å². The van der Waals surface area contributed by atoms with Crippen molar-refractivity contribution in [3.8, 4) is 0 Å². The number of hydrogen-bond acceptors (Lipinski definition) is 5. The quantitative estimate of drug-likeness (QED) is 0.180. The van der Waals surface area contributed by atoms with Gasteiger partial charge in [-0.15, -0.1) is 11.8 Å². The topological polar surface area (TPSA) is 46.3 Å². The van der Waals surface area contributed by atoms with Crippen LogP contribution in [0.15, 0.2) is 70.2 Å². The number of hydrogen-bond donors (Lipinski definition) is 0. The molecule has 166 valence electrons. The molecule has 0 aliphatic heterocycles. The number of fused-ring (bicyclic) bond motifs is 1. The molecule has 0 aliphatic carbocycles. The monoisotopic (exact) mass is 484 g/mol. The van der Waals surface area contributed by atoms with E-state index in [4.69, 9.17) is 21.0 Å². The minimum Gasteiger partial charge on any atom is -0.467 e. The summed E-state index contributed by atoms with van der Waals surface area (Å²) in [6.45, 7) is 4.71. The Morgan fingerprint density at radius 3 is 2.69 bits per heavy atom. The van der Waals surface area contributed by atoms with Gasteiger partial charge in [-0.3, -0.25) is 9.69 Å². The third-order valence-electron chi connectivity index (χ3n) is 5.10. The lowest BCUT2D eigenvalue weighted by Gasteiger charge is -2.18. The number of carbonyl (C=O) groups excluding carboxylic acids is 1. The Labute approximate surface area is 201 Å². The largest absolute Gasteiger partial charge is 0.467 e. The molecule has 0 saturated heterocycles. The molecule has 4 rings (SSSR count). The van der Waals surface area contributed by atoms with Crippen LogP contribution >= 0.6 is 34.7 Å². The number of furan rings is 1. The maximum absolute atomic E-state index is 13.2. The van der Waals surface area contributed by atoms with Gasteiger partial charge in [-0.05, 0) is 66.1 Å². The van der Waals surface area contributed by atoms with Gasteiger partial charge in [-0.25, -0.2) is 4.98 Å². The predicted molar refractivity (Wildman–Crippen MR) is 135 cm³/mol. The van der Waals surface area contributed by atoms with E-state index in [1.54, 1.807) is 34.3 Å². The summed E-state index contributed by atoms with van der Waals surface area (Å²) >= 11 is 9.24. The first-order chi connectivity index (χ1) is 15.5. The number of halogens is 1. The van der Waals surface area contributed by atoms with Gasteiger partial charge < -0.3 is 4.42 Å². The SMILES string of the molecule is CC(C)c1cccc2sc(N(Cc3ccco3)C(=O)CCCSc3ccc(Cl)cc3)nc12. The number of thiazole rings is 1. The highest BCUT2D eigenvalue weighted by molar-refractivity contribution is 7.99. The first-order valence-electron chi connectivity index (χ1n) is 10.6. The molecule has 4 aromatic rings. The van der Waals surface area contributed by atoms with E-state index in [1.807, 2.05) is 36.4 Å². The van der Waals surface area contributed by atoms with Crippen LogP contribution in [-0.4, -0.2) is 16.6 Å². The molecule has 0 aliphatic rings. The zero-order valence-electron chi connectivity index (χ0n) is 18.1. The van der Waals surface area contributed by atoms with Crippen LogP contribution in [0.5, 0.6) is 0 Å². The molecule has 2 aromatic heterocycles. The molecule has 2 heterocycles. The van der Waals surface area contributed by atoms with Gasteiger partial charge in [0.15, 0.2) is 5.13 Å². The van der Waals surface area contributed by atoms with Crippen LogP contribution in [0, 0.1) is 0 Å². The Balaban J connectivity index is 1.49. The highest BCUT2D eigenvalue weighted by Crippen LogP contribution is 2.34. The number of aromatic nitrogens is 1. The third-order valence-corrected chi connectivity index (χ3v) is 7.50. The molecule has 4 nitrogen and oxygen atoms in total. The van der Waals surface area contributed by atoms with Gasteiger partial charge in [0.2, 0.25) is 5.91 Å². The standard InChI is InChI=1S/C25H25ClN2O2S2/c1-17(2)21-7-3-8-22-24(21)27-25(32-22)28(16-19-6-4-14-30-19)23(29)9-5-15-31-20-12-10-18(26)11-13-20/h3-4,6-8,10-14,17H,5,9,15-16H2,1-2H3. The fourth-order valence-corrected chi connectivity index (χ4v) is 5.44. The van der Waals surface area contributed by atoms with Gasteiger partial charge in [0.1, 0.15) is 5.76 Å². The summed E-state index contributed by atoms with van der Waals surface area (Å²) in [6, 6.07) is 17.8. The first kappa shape index (κ1) is 22.9. The van der Waals surface area contributed by atoms with Crippen molar-refractivity contribution < 1.29 is 9.21 Å². The molecule has 2 aromatic carbocycles. The molecule has 32 heavy (non-hydrogen) atoms. The Morgan fingerprint density at radius 2 is 1.97 bits per heavy atom. The highest BCUT2D eigenvalue weighted by Gasteiger charge is 2.22. The van der Waals surface area contributed by atoms with E-state index >= 15 is 0 Å². The highest BCUT2D eigenvalue weighted by atomic mass is 35.5. The van der Waals surface area contributed by atoms with E-state index in [-0.39, 0.29) is 5.91 Å². The van der Waals surface area contributed by atoms with Crippen LogP contribution in [0.1, 0.15) is 43.9 Å². The number of carbonyl (C=O) groups is 1. The van der Waals surface area contributed by atoms with E-state index in [1.165, 1.54) is 5.56 Å². The van der Waals surface area contributed by atoms with Crippen LogP contribution in [0.4, 0.5) is 5.13 Å². The van der Waals surface area contributed by atoms with Crippen molar-refractivity contribution in [3.63, 3.8) is 0 Å². The van der Waals surface area contributed by atoms with Crippen molar-refractivity contribution in [3.05, 3.63) is 77.2 Å². The van der Waals surface area contributed by atoms with Crippen LogP contribution in [0.2, 0.25) is 5.02 Å². The summed E-state index contributed by atoms with van der Waals surface area (Å²) in [5.74, 6) is 2.03. The Kier molecular flexibility index (Phi) is 7.55. The molecule has 0 N–H and O–H groups in total. The summed E-state index contributed by atoms with van der Waals surface area (Å²) < 4.78 is 6.63. The maximum Gasteiger partial charge on any atom is 0.229 e. The number of anilines is 1. The maximum atomic E-state index is 13.2. The lowest BCUT2D eigenvalue weighted by Crippen LogP contribution is -2.30. The Morgan fingerprint density at radius 1 is 1.16 bits per heavy atom. The normalized spacial score (nSPS) is 11.4. The van der Waals surface area contributed by atoms with E-state index in [0.29, 0.717) is 18.9 Å². The average molecular weight is 485 g/mol. The second-order valence-corrected chi connectivity index (χ2v) is 10.4. The summed E-state index contributed by atoms with van der Waals surface area (Å²) in [5, 5.41) is 1.45. The summed E-state index contributed by atoms with van der Waals surface area (Å²) in [4.78, 5) is 21.0. The Hall–Kier alpha value is -2.28. The number of amides is 1. The molecule has 1 amide bonds. The van der Waals surface area contributed by atoms with Gasteiger partial charge >= 0.3 is 0 Å². The van der Waals surface area contributed by atoms with Crippen molar-refractivity contribution in [2.45, 2.75) is 44.0 Å². The van der Waals surface area contributed by atoms with Crippen molar-refractivity contribution in [2.24, 2.45) is 0 Å². The van der Waals surface area contributed by atoms with Crippen LogP contribution < -0.4 is 4.90 Å². The smallest absolute Gasteiger partial charge is 0.229 e. The molecule has 7 heteroatoms. The van der Waals surface area contributed by atoms with Gasteiger partial charge in [-0.1, -0.05) is 48.9 Å². The third kappa shape index (κ3) is 5.55. The molecule has 0 atom stereocenters. The van der Waals surface area contributed by atoms with Gasteiger partial charge in [0.25, 0.3) is 0 Å². The van der Waals surface area contributed by atoms with Gasteiger partial charge in [0, 0.05) is 16.3 Å². The van der Waals surface area contributed by atoms with Crippen molar-refractivity contribution in [1.29, 1.82) is 0 Å². The number of para-hydroxylation sites is 1. The molecule has 0 fully saturated rings. The molecule has 0 saturated carbocycles. The summed E-state index contributed by atoms with van der Waals surface area (Å²) in [5.41, 5.74) is 2.19. The molecular weight excluding hydrogens is 460 g/mol. The van der Waals surface area contributed by atoms with Gasteiger partial charge in [-0.2, -0.15) is 0 Å². The average Bonchev–Trinajstić information content (AvgIpc) is 3.45. The van der Waals surface area contributed by atoms with Crippen molar-refractivity contribution in [1.82, 2.24) is 4.98 Å². The fourth-order valence-electron chi connectivity index (χ4n) is 3.44. The van der Waals surface area contributed by atoms with Crippen molar-refractivity contribution >= 4 is 56.0 Å². The zero-order valence-corrected chi connectivity index (χ0v) is 20.5. The van der Waals surface area contributed by atoms with E-state index in [9.17, 15) is 4.79 Å². The van der Waals surface area contributed by atoms with E-state index in [0.717, 1.165) is 43.2 Å². The minimum atomic E-state index is 0.0586. The van der Waals surface area contributed by atoms with Crippen LogP contribution in [-0.2, 0) is 11.3 Å². The van der Waals surface area contributed by atoms with Gasteiger partial charge in [0.05, 0.1) is 23.0 Å². The fraction of sp³-hybridized carbons (Fsp3) is 0.280. The minimum absolute atomic E-state index is 0.0586. The lowest BCUT2D eigenvalue weighted by atomic mass is 10.0. The number of rotatable bonds is 9. The number of thioether (sulfide) groups is 1. The summed E-state index contributed by atoms with van der Waals surface area (Å²) in [7, 11) is 0. The molecule has 0 unspecified atom stereocenters. The molecule has 0 spiro atoms. The van der Waals surface area contributed by atoms with E-state index in [2.05, 4.69) is 32.0 Å². The number of nitrogens with zero attached hydrogens (tertiary/aromatic N) is 2. The predicted octanol–water partition coefficient (Wildman–Crippen LogP) is 7.77. The Bertz CT molecular complexity index is 1170. The number of benzene rings is 2. The van der Waals surface area contributed by atoms with Crippen LogP contribution in [0.25, 0.3) is 10.2 Å². The van der Waals surface area contributed by atoms with Crippen LogP contribution in [0.3, 0.4) is 0 Å².